The summed E-state index contributed by atoms with van der Waals surface area (Å²) >= 11 is 21.6. The van der Waals surface area contributed by atoms with Crippen molar-refractivity contribution in [2.75, 3.05) is 10.6 Å². The minimum Gasteiger partial charge on any atom is -0.362 e. The lowest BCUT2D eigenvalue weighted by Gasteiger charge is -2.33. The molecule has 3 aromatic rings. The molecule has 0 radical (unpaired) electrons. The summed E-state index contributed by atoms with van der Waals surface area (Å²) < 4.78 is 43.2. The first-order chi connectivity index (χ1) is 15.0. The second kappa shape index (κ2) is 8.78. The van der Waals surface area contributed by atoms with Crippen LogP contribution in [0.4, 0.5) is 24.7 Å². The van der Waals surface area contributed by atoms with Gasteiger partial charge in [0.1, 0.15) is 10.8 Å². The molecule has 1 aliphatic heterocycles. The number of carbonyl (C=O) groups excluding carboxylic acids is 1. The van der Waals surface area contributed by atoms with Gasteiger partial charge in [-0.3, -0.25) is 4.79 Å². The summed E-state index contributed by atoms with van der Waals surface area (Å²) in [5, 5.41) is 9.66. The van der Waals surface area contributed by atoms with E-state index >= 15 is 0 Å². The van der Waals surface area contributed by atoms with Gasteiger partial charge in [-0.25, -0.2) is 4.68 Å². The van der Waals surface area contributed by atoms with E-state index < -0.39 is 24.2 Å². The van der Waals surface area contributed by atoms with Gasteiger partial charge in [0.15, 0.2) is 11.7 Å². The number of nitrogens with one attached hydrogen (secondary N) is 2. The van der Waals surface area contributed by atoms with Crippen molar-refractivity contribution in [1.29, 1.82) is 0 Å². The van der Waals surface area contributed by atoms with Crippen LogP contribution in [-0.4, -0.2) is 21.9 Å². The molecule has 0 saturated carbocycles. The van der Waals surface area contributed by atoms with Gasteiger partial charge < -0.3 is 10.6 Å². The van der Waals surface area contributed by atoms with E-state index in [0.717, 1.165) is 4.47 Å². The van der Waals surface area contributed by atoms with Gasteiger partial charge in [0.2, 0.25) is 0 Å². The molecule has 5 nitrogen and oxygen atoms in total. The number of alkyl halides is 3. The third-order valence-electron chi connectivity index (χ3n) is 4.96. The van der Waals surface area contributed by atoms with Crippen LogP contribution in [0.25, 0.3) is 0 Å². The molecular formula is C20H13BrCl3F3N4O. The maximum absolute atomic E-state index is 13.9. The molecule has 2 atom stereocenters. The van der Waals surface area contributed by atoms with Gasteiger partial charge >= 0.3 is 6.18 Å². The summed E-state index contributed by atoms with van der Waals surface area (Å²) in [7, 11) is 0. The Kier molecular flexibility index (Phi) is 6.37. The van der Waals surface area contributed by atoms with Crippen LogP contribution in [-0.2, 0) is 0 Å². The van der Waals surface area contributed by atoms with Crippen LogP contribution in [0.15, 0.2) is 46.9 Å². The number of fused-ring (bicyclic) bond motifs is 1. The number of amides is 1. The van der Waals surface area contributed by atoms with Crippen LogP contribution in [0.3, 0.4) is 0 Å². The van der Waals surface area contributed by atoms with E-state index in [2.05, 4.69) is 31.7 Å². The molecule has 168 valence electrons. The van der Waals surface area contributed by atoms with Crippen molar-refractivity contribution in [3.05, 3.63) is 73.3 Å². The van der Waals surface area contributed by atoms with Gasteiger partial charge in [-0.1, -0.05) is 62.9 Å². The van der Waals surface area contributed by atoms with Crippen molar-refractivity contribution in [2.45, 2.75) is 24.7 Å². The van der Waals surface area contributed by atoms with Crippen LogP contribution in [0.1, 0.15) is 34.6 Å². The molecule has 2 heterocycles. The van der Waals surface area contributed by atoms with Gasteiger partial charge in [-0.2, -0.15) is 18.3 Å². The van der Waals surface area contributed by atoms with E-state index in [-0.39, 0.29) is 33.7 Å². The van der Waals surface area contributed by atoms with Gasteiger partial charge in [0, 0.05) is 15.9 Å². The molecule has 0 bridgehead atoms. The summed E-state index contributed by atoms with van der Waals surface area (Å²) in [6.45, 7) is 0. The molecule has 0 fully saturated rings. The van der Waals surface area contributed by atoms with Crippen LogP contribution < -0.4 is 10.6 Å². The highest BCUT2D eigenvalue weighted by atomic mass is 79.9. The molecule has 1 amide bonds. The van der Waals surface area contributed by atoms with Gasteiger partial charge in [0.05, 0.1) is 16.8 Å². The number of anilines is 2. The van der Waals surface area contributed by atoms with Crippen LogP contribution in [0, 0.1) is 0 Å². The molecule has 0 saturated heterocycles. The lowest BCUT2D eigenvalue weighted by molar-refractivity contribution is -0.173. The Morgan fingerprint density at radius 3 is 2.50 bits per heavy atom. The van der Waals surface area contributed by atoms with Gasteiger partial charge in [0.25, 0.3) is 5.91 Å². The highest BCUT2D eigenvalue weighted by Gasteiger charge is 2.47. The van der Waals surface area contributed by atoms with E-state index in [9.17, 15) is 18.0 Å². The van der Waals surface area contributed by atoms with E-state index in [1.165, 1.54) is 18.2 Å². The van der Waals surface area contributed by atoms with Crippen molar-refractivity contribution < 1.29 is 18.0 Å². The Balaban J connectivity index is 1.71. The SMILES string of the molecule is O=C(Nc1cc(Cl)ccc1Cl)c1nn2c(c1Cl)N[C@H](c1ccc(Br)cc1)C[C@H]2C(F)(F)F. The largest absolute Gasteiger partial charge is 0.410 e. The lowest BCUT2D eigenvalue weighted by Crippen LogP contribution is -2.35. The zero-order valence-electron chi connectivity index (χ0n) is 15.9. The van der Waals surface area contributed by atoms with E-state index in [4.69, 9.17) is 34.8 Å². The van der Waals surface area contributed by atoms with Crippen LogP contribution >= 0.6 is 50.7 Å². The van der Waals surface area contributed by atoms with Crippen LogP contribution in [0.2, 0.25) is 15.1 Å². The second-order valence-corrected chi connectivity index (χ2v) is 9.21. The van der Waals surface area contributed by atoms with Crippen molar-refractivity contribution in [3.8, 4) is 0 Å². The number of nitrogens with zero attached hydrogens (tertiary/aromatic N) is 2. The van der Waals surface area contributed by atoms with Crippen molar-refractivity contribution >= 4 is 68.1 Å². The molecule has 0 unspecified atom stereocenters. The Hall–Kier alpha value is -1.94. The van der Waals surface area contributed by atoms with Gasteiger partial charge in [-0.05, 0) is 35.9 Å². The standard InChI is InChI=1S/C20H13BrCl3F3N4O/c21-10-3-1-9(2-4-10)13-8-15(20(25,26)27)31-18(28-13)16(24)17(30-31)19(32)29-14-7-11(22)5-6-12(14)23/h1-7,13,15,28H,8H2,(H,29,32)/t13-,15-/m0/s1. The monoisotopic (exact) mass is 566 g/mol. The van der Waals surface area contributed by atoms with E-state index in [1.54, 1.807) is 24.3 Å². The predicted octanol–water partition coefficient (Wildman–Crippen LogP) is 7.52. The summed E-state index contributed by atoms with van der Waals surface area (Å²) in [5.41, 5.74) is 0.456. The first-order valence-corrected chi connectivity index (χ1v) is 11.1. The third kappa shape index (κ3) is 4.57. The van der Waals surface area contributed by atoms with Gasteiger partial charge in [-0.15, -0.1) is 0 Å². The van der Waals surface area contributed by atoms with Crippen LogP contribution in [0.5, 0.6) is 0 Å². The molecule has 2 N–H and O–H groups in total. The molecular weight excluding hydrogens is 556 g/mol. The Morgan fingerprint density at radius 1 is 1.16 bits per heavy atom. The molecule has 0 spiro atoms. The Bertz CT molecular complexity index is 1180. The number of hydrogen-bond acceptors (Lipinski definition) is 3. The maximum Gasteiger partial charge on any atom is 0.410 e. The van der Waals surface area contributed by atoms with Crippen molar-refractivity contribution in [3.63, 3.8) is 0 Å². The molecule has 1 aliphatic rings. The van der Waals surface area contributed by atoms with Crippen molar-refractivity contribution in [2.24, 2.45) is 0 Å². The number of hydrogen-bond donors (Lipinski definition) is 2. The molecule has 12 heteroatoms. The zero-order valence-corrected chi connectivity index (χ0v) is 19.7. The third-order valence-corrected chi connectivity index (χ3v) is 6.41. The minimum absolute atomic E-state index is 0.0875. The number of halogens is 7. The zero-order chi connectivity index (χ0) is 23.2. The highest BCUT2D eigenvalue weighted by Crippen LogP contribution is 2.46. The number of rotatable bonds is 3. The maximum atomic E-state index is 13.9. The summed E-state index contributed by atoms with van der Waals surface area (Å²) in [6, 6.07) is 8.66. The predicted molar refractivity (Wildman–Crippen MR) is 122 cm³/mol. The number of carbonyl (C=O) groups is 1. The molecule has 0 aliphatic carbocycles. The first-order valence-electron chi connectivity index (χ1n) is 9.17. The second-order valence-electron chi connectivity index (χ2n) is 7.08. The molecule has 2 aromatic carbocycles. The fourth-order valence-electron chi connectivity index (χ4n) is 3.42. The normalized spacial score (nSPS) is 18.1. The summed E-state index contributed by atoms with van der Waals surface area (Å²) in [5.74, 6) is -0.903. The van der Waals surface area contributed by atoms with Crippen molar-refractivity contribution in [1.82, 2.24) is 9.78 Å². The first kappa shape index (κ1) is 23.2. The highest BCUT2D eigenvalue weighted by molar-refractivity contribution is 9.10. The summed E-state index contributed by atoms with van der Waals surface area (Å²) in [4.78, 5) is 12.8. The average molecular weight is 569 g/mol. The molecule has 1 aromatic heterocycles. The topological polar surface area (TPSA) is 59.0 Å². The average Bonchev–Trinajstić information content (AvgIpc) is 3.06. The quantitative estimate of drug-likeness (QED) is 0.344. The fourth-order valence-corrected chi connectivity index (χ4v) is 4.29. The number of benzene rings is 2. The molecule has 4 rings (SSSR count). The Labute approximate surface area is 204 Å². The minimum atomic E-state index is -4.61. The lowest BCUT2D eigenvalue weighted by atomic mass is 9.97. The Morgan fingerprint density at radius 2 is 1.84 bits per heavy atom. The fraction of sp³-hybridized carbons (Fsp3) is 0.200. The smallest absolute Gasteiger partial charge is 0.362 e. The van der Waals surface area contributed by atoms with E-state index in [0.29, 0.717) is 15.3 Å². The number of aromatic nitrogens is 2. The molecule has 32 heavy (non-hydrogen) atoms. The summed E-state index contributed by atoms with van der Waals surface area (Å²) in [6.07, 6.45) is -4.93. The van der Waals surface area contributed by atoms with E-state index in [1.807, 2.05) is 0 Å².